The molecule has 3 aromatic rings. The van der Waals surface area contributed by atoms with E-state index in [-0.39, 0.29) is 23.7 Å². The Kier molecular flexibility index (Phi) is 5.67. The fraction of sp³-hybridized carbons (Fsp3) is 0.290. The topological polar surface area (TPSA) is 92.8 Å². The number of hydrogen-bond acceptors (Lipinski definition) is 5. The zero-order valence-corrected chi connectivity index (χ0v) is 21.4. The number of nitrogens with one attached hydrogen (secondary N) is 1. The molecule has 4 aliphatic rings. The lowest BCUT2D eigenvalue weighted by Gasteiger charge is -2.45. The van der Waals surface area contributed by atoms with Gasteiger partial charge in [0.2, 0.25) is 11.8 Å². The van der Waals surface area contributed by atoms with Gasteiger partial charge in [-0.25, -0.2) is 4.79 Å². The number of ether oxygens (including phenoxy) is 1. The normalized spacial score (nSPS) is 23.4. The SMILES string of the molecule is Cc1ccc(NC(=O)COC(=O)[C@H](C)N2C(=O)[C@H]3C4c5ccccc5C(c5ccccc54)[C@@H]3C2=O)cc1C. The van der Waals surface area contributed by atoms with Crippen molar-refractivity contribution in [3.8, 4) is 0 Å². The molecule has 1 saturated heterocycles. The van der Waals surface area contributed by atoms with Crippen LogP contribution in [0.2, 0.25) is 0 Å². The third-order valence-corrected chi connectivity index (χ3v) is 8.35. The summed E-state index contributed by atoms with van der Waals surface area (Å²) in [5, 5.41) is 2.71. The predicted molar refractivity (Wildman–Crippen MR) is 140 cm³/mol. The van der Waals surface area contributed by atoms with Crippen LogP contribution in [-0.4, -0.2) is 41.2 Å². The molecule has 1 fully saturated rings. The number of carbonyl (C=O) groups is 4. The molecule has 0 aromatic heterocycles. The van der Waals surface area contributed by atoms with Crippen LogP contribution in [0.5, 0.6) is 0 Å². The van der Waals surface area contributed by atoms with Crippen LogP contribution in [0.4, 0.5) is 5.69 Å². The molecule has 3 amide bonds. The molecule has 7 heteroatoms. The number of aryl methyl sites for hydroxylation is 2. The monoisotopic (exact) mass is 508 g/mol. The maximum absolute atomic E-state index is 13.8. The van der Waals surface area contributed by atoms with Crippen LogP contribution in [0.15, 0.2) is 66.7 Å². The van der Waals surface area contributed by atoms with Gasteiger partial charge in [0.1, 0.15) is 6.04 Å². The van der Waals surface area contributed by atoms with Gasteiger partial charge >= 0.3 is 5.97 Å². The summed E-state index contributed by atoms with van der Waals surface area (Å²) in [6, 6.07) is 20.3. The van der Waals surface area contributed by atoms with E-state index in [4.69, 9.17) is 4.74 Å². The van der Waals surface area contributed by atoms with Gasteiger partial charge in [-0.1, -0.05) is 54.6 Å². The van der Waals surface area contributed by atoms with Gasteiger partial charge < -0.3 is 10.1 Å². The zero-order valence-electron chi connectivity index (χ0n) is 21.4. The number of benzene rings is 3. The van der Waals surface area contributed by atoms with Gasteiger partial charge in [-0.15, -0.1) is 0 Å². The molecule has 38 heavy (non-hydrogen) atoms. The van der Waals surface area contributed by atoms with E-state index in [0.717, 1.165) is 38.3 Å². The third-order valence-electron chi connectivity index (χ3n) is 8.35. The summed E-state index contributed by atoms with van der Waals surface area (Å²) in [5.74, 6) is -3.63. The van der Waals surface area contributed by atoms with Crippen molar-refractivity contribution < 1.29 is 23.9 Å². The van der Waals surface area contributed by atoms with E-state index in [1.165, 1.54) is 6.92 Å². The molecule has 1 N–H and O–H groups in total. The summed E-state index contributed by atoms with van der Waals surface area (Å²) < 4.78 is 5.25. The molecule has 7 rings (SSSR count). The Morgan fingerprint density at radius 2 is 1.32 bits per heavy atom. The minimum absolute atomic E-state index is 0.245. The first-order valence-electron chi connectivity index (χ1n) is 12.9. The highest BCUT2D eigenvalue weighted by atomic mass is 16.5. The fourth-order valence-corrected chi connectivity index (χ4v) is 6.46. The fourth-order valence-electron chi connectivity index (χ4n) is 6.46. The first-order valence-corrected chi connectivity index (χ1v) is 12.9. The van der Waals surface area contributed by atoms with Crippen molar-refractivity contribution in [2.24, 2.45) is 11.8 Å². The van der Waals surface area contributed by atoms with Crippen molar-refractivity contribution in [3.05, 3.63) is 100 Å². The molecule has 0 spiro atoms. The molecule has 3 aliphatic carbocycles. The van der Waals surface area contributed by atoms with Crippen molar-refractivity contribution in [1.82, 2.24) is 4.90 Å². The molecule has 0 unspecified atom stereocenters. The molecule has 192 valence electrons. The summed E-state index contributed by atoms with van der Waals surface area (Å²) in [7, 11) is 0. The average Bonchev–Trinajstić information content (AvgIpc) is 3.19. The second-order valence-electron chi connectivity index (χ2n) is 10.4. The first kappa shape index (κ1) is 24.1. The molecule has 7 nitrogen and oxygen atoms in total. The second kappa shape index (κ2) is 8.94. The maximum atomic E-state index is 13.8. The Labute approximate surface area is 220 Å². The van der Waals surface area contributed by atoms with E-state index in [0.29, 0.717) is 5.69 Å². The Morgan fingerprint density at radius 1 is 0.816 bits per heavy atom. The van der Waals surface area contributed by atoms with Crippen LogP contribution >= 0.6 is 0 Å². The number of hydrogen-bond donors (Lipinski definition) is 1. The molecule has 3 aromatic carbocycles. The molecule has 2 bridgehead atoms. The molecular weight excluding hydrogens is 480 g/mol. The predicted octanol–water partition coefficient (Wildman–Crippen LogP) is 4.07. The lowest BCUT2D eigenvalue weighted by molar-refractivity contribution is -0.159. The largest absolute Gasteiger partial charge is 0.454 e. The molecule has 1 aliphatic heterocycles. The summed E-state index contributed by atoms with van der Waals surface area (Å²) in [4.78, 5) is 53.9. The lowest BCUT2D eigenvalue weighted by atomic mass is 9.55. The van der Waals surface area contributed by atoms with E-state index >= 15 is 0 Å². The van der Waals surface area contributed by atoms with Crippen LogP contribution < -0.4 is 5.32 Å². The highest BCUT2D eigenvalue weighted by Gasteiger charge is 2.62. The Bertz CT molecular complexity index is 1400. The lowest BCUT2D eigenvalue weighted by Crippen LogP contribution is -2.45. The van der Waals surface area contributed by atoms with Gasteiger partial charge in [-0.3, -0.25) is 19.3 Å². The number of amides is 3. The molecule has 0 radical (unpaired) electrons. The van der Waals surface area contributed by atoms with E-state index in [1.807, 2.05) is 74.5 Å². The average molecular weight is 509 g/mol. The van der Waals surface area contributed by atoms with Crippen LogP contribution in [0.25, 0.3) is 0 Å². The van der Waals surface area contributed by atoms with Gasteiger partial charge in [-0.05, 0) is 66.3 Å². The Hall–Kier alpha value is -4.26. The Morgan fingerprint density at radius 3 is 1.79 bits per heavy atom. The maximum Gasteiger partial charge on any atom is 0.329 e. The molecule has 1 heterocycles. The van der Waals surface area contributed by atoms with Crippen LogP contribution in [0.1, 0.15) is 52.1 Å². The van der Waals surface area contributed by atoms with E-state index in [1.54, 1.807) is 6.07 Å². The van der Waals surface area contributed by atoms with Crippen LogP contribution in [0, 0.1) is 25.7 Å². The van der Waals surface area contributed by atoms with Gasteiger partial charge in [0.15, 0.2) is 6.61 Å². The highest BCUT2D eigenvalue weighted by molar-refractivity contribution is 6.10. The number of anilines is 1. The summed E-state index contributed by atoms with van der Waals surface area (Å²) in [6.45, 7) is 4.89. The highest BCUT2D eigenvalue weighted by Crippen LogP contribution is 2.61. The summed E-state index contributed by atoms with van der Waals surface area (Å²) in [6.07, 6.45) is 0. The molecule has 0 saturated carbocycles. The third kappa shape index (κ3) is 3.56. The van der Waals surface area contributed by atoms with Crippen molar-refractivity contribution in [2.45, 2.75) is 38.6 Å². The number of carbonyl (C=O) groups excluding carboxylic acids is 4. The molecule has 3 atom stereocenters. The van der Waals surface area contributed by atoms with E-state index < -0.39 is 36.4 Å². The van der Waals surface area contributed by atoms with Gasteiger partial charge in [-0.2, -0.15) is 0 Å². The summed E-state index contributed by atoms with van der Waals surface area (Å²) >= 11 is 0. The number of nitrogens with zero attached hydrogens (tertiary/aromatic N) is 1. The standard InChI is InChI=1S/C31H28N2O5/c1-16-12-13-19(14-17(16)2)32-24(34)15-38-31(37)18(3)33-29(35)27-25-20-8-4-5-9-21(20)26(28(27)30(33)36)23-11-7-6-10-22(23)25/h4-14,18,25-28H,15H2,1-3H3,(H,32,34)/t18-,25?,26?,27-,28-/m0/s1. The number of rotatable bonds is 5. The minimum Gasteiger partial charge on any atom is -0.454 e. The quantitative estimate of drug-likeness (QED) is 0.414. The summed E-state index contributed by atoms with van der Waals surface area (Å²) in [5.41, 5.74) is 7.00. The number of likely N-dealkylation sites (tertiary alicyclic amines) is 1. The van der Waals surface area contributed by atoms with Gasteiger partial charge in [0, 0.05) is 17.5 Å². The molecular formula is C31H28N2O5. The van der Waals surface area contributed by atoms with Crippen molar-refractivity contribution >= 4 is 29.4 Å². The Balaban J connectivity index is 1.20. The smallest absolute Gasteiger partial charge is 0.329 e. The van der Waals surface area contributed by atoms with Crippen molar-refractivity contribution in [1.29, 1.82) is 0 Å². The van der Waals surface area contributed by atoms with E-state index in [2.05, 4.69) is 5.32 Å². The number of imide groups is 1. The van der Waals surface area contributed by atoms with Crippen molar-refractivity contribution in [3.63, 3.8) is 0 Å². The van der Waals surface area contributed by atoms with E-state index in [9.17, 15) is 19.2 Å². The zero-order chi connectivity index (χ0) is 26.7. The minimum atomic E-state index is -1.14. The van der Waals surface area contributed by atoms with Gasteiger partial charge in [0.25, 0.3) is 5.91 Å². The first-order chi connectivity index (χ1) is 18.3. The van der Waals surface area contributed by atoms with Crippen molar-refractivity contribution in [2.75, 3.05) is 11.9 Å². The number of esters is 1. The van der Waals surface area contributed by atoms with Gasteiger partial charge in [0.05, 0.1) is 11.8 Å². The van der Waals surface area contributed by atoms with Crippen LogP contribution in [-0.2, 0) is 23.9 Å². The second-order valence-corrected chi connectivity index (χ2v) is 10.4. The van der Waals surface area contributed by atoms with Crippen LogP contribution in [0.3, 0.4) is 0 Å².